The Bertz CT molecular complexity index is 364. The number of hydrogen-bond donors (Lipinski definition) is 2. The first kappa shape index (κ1) is 9.02. The van der Waals surface area contributed by atoms with Crippen LogP contribution in [-0.4, -0.2) is 25.5 Å². The third-order valence-electron chi connectivity index (χ3n) is 2.38. The van der Waals surface area contributed by atoms with Crippen LogP contribution in [0.5, 0.6) is 0 Å². The molecule has 4 nitrogen and oxygen atoms in total. The molecule has 0 aliphatic carbocycles. The summed E-state index contributed by atoms with van der Waals surface area (Å²) in [4.78, 5) is 13.4. The van der Waals surface area contributed by atoms with Crippen molar-refractivity contribution in [1.29, 1.82) is 0 Å². The molecule has 1 aromatic rings. The maximum atomic E-state index is 11.5. The van der Waals surface area contributed by atoms with Gasteiger partial charge in [-0.3, -0.25) is 4.79 Å². The molecule has 0 aromatic heterocycles. The van der Waals surface area contributed by atoms with Crippen molar-refractivity contribution in [2.75, 3.05) is 23.8 Å². The van der Waals surface area contributed by atoms with Crippen LogP contribution in [-0.2, 0) is 4.79 Å². The summed E-state index contributed by atoms with van der Waals surface area (Å²) in [6, 6.07) is 7.21. The van der Waals surface area contributed by atoms with E-state index in [9.17, 15) is 4.79 Å². The topological polar surface area (TPSA) is 58.4 Å². The summed E-state index contributed by atoms with van der Waals surface area (Å²) in [6.45, 7) is 0.544. The van der Waals surface area contributed by atoms with Crippen molar-refractivity contribution in [2.24, 2.45) is 5.73 Å². The molecule has 0 unspecified atom stereocenters. The lowest BCUT2D eigenvalue weighted by atomic mass is 10.2. The zero-order valence-corrected chi connectivity index (χ0v) is 8.03. The fourth-order valence-corrected chi connectivity index (χ4v) is 1.61. The highest BCUT2D eigenvalue weighted by Crippen LogP contribution is 2.26. The van der Waals surface area contributed by atoms with Gasteiger partial charge in [0.1, 0.15) is 6.04 Å². The van der Waals surface area contributed by atoms with Crippen LogP contribution in [0.1, 0.15) is 0 Å². The van der Waals surface area contributed by atoms with E-state index in [0.717, 1.165) is 11.4 Å². The lowest BCUT2D eigenvalue weighted by Crippen LogP contribution is -2.41. The third kappa shape index (κ3) is 1.44. The van der Waals surface area contributed by atoms with Gasteiger partial charge in [-0.1, -0.05) is 12.1 Å². The Kier molecular flexibility index (Phi) is 2.13. The molecule has 74 valence electrons. The highest BCUT2D eigenvalue weighted by Gasteiger charge is 2.22. The van der Waals surface area contributed by atoms with Crippen molar-refractivity contribution >= 4 is 17.3 Å². The maximum absolute atomic E-state index is 11.5. The number of rotatable bonds is 0. The Hall–Kier alpha value is -1.55. The van der Waals surface area contributed by atoms with Gasteiger partial charge in [0.15, 0.2) is 0 Å². The number of anilines is 2. The van der Waals surface area contributed by atoms with E-state index >= 15 is 0 Å². The first-order valence-electron chi connectivity index (χ1n) is 4.55. The number of hydrogen-bond acceptors (Lipinski definition) is 3. The zero-order valence-electron chi connectivity index (χ0n) is 8.03. The zero-order chi connectivity index (χ0) is 10.1. The molecule has 1 amide bonds. The van der Waals surface area contributed by atoms with Crippen LogP contribution in [0, 0.1) is 0 Å². The predicted molar refractivity (Wildman–Crippen MR) is 56.3 cm³/mol. The number of nitrogens with one attached hydrogen (secondary N) is 1. The van der Waals surface area contributed by atoms with E-state index in [0.29, 0.717) is 6.54 Å². The normalized spacial score (nSPS) is 21.1. The molecule has 0 spiro atoms. The molecule has 14 heavy (non-hydrogen) atoms. The van der Waals surface area contributed by atoms with Crippen LogP contribution < -0.4 is 16.0 Å². The van der Waals surface area contributed by atoms with Crippen LogP contribution in [0.2, 0.25) is 0 Å². The van der Waals surface area contributed by atoms with Gasteiger partial charge in [0.05, 0.1) is 11.4 Å². The van der Waals surface area contributed by atoms with Gasteiger partial charge in [0.25, 0.3) is 0 Å². The Morgan fingerprint density at radius 1 is 1.50 bits per heavy atom. The molecule has 0 saturated carbocycles. The van der Waals surface area contributed by atoms with Crippen molar-refractivity contribution < 1.29 is 4.79 Å². The number of para-hydroxylation sites is 2. The molecule has 1 aliphatic heterocycles. The number of fused-ring (bicyclic) bond motifs is 1. The van der Waals surface area contributed by atoms with E-state index < -0.39 is 6.04 Å². The summed E-state index contributed by atoms with van der Waals surface area (Å²) >= 11 is 0. The average molecular weight is 191 g/mol. The molecule has 0 saturated heterocycles. The number of nitrogens with zero attached hydrogens (tertiary/aromatic N) is 1. The van der Waals surface area contributed by atoms with E-state index in [4.69, 9.17) is 5.73 Å². The summed E-state index contributed by atoms with van der Waals surface area (Å²) in [5.74, 6) is -0.123. The SMILES string of the molecule is CN1C[C@H](N)C(=O)Nc2ccccc21. The van der Waals surface area contributed by atoms with Gasteiger partial charge in [-0.25, -0.2) is 0 Å². The first-order valence-corrected chi connectivity index (χ1v) is 4.55. The minimum atomic E-state index is -0.465. The lowest BCUT2D eigenvalue weighted by molar-refractivity contribution is -0.117. The molecule has 0 fully saturated rings. The van der Waals surface area contributed by atoms with Crippen LogP contribution in [0.3, 0.4) is 0 Å². The number of likely N-dealkylation sites (N-methyl/N-ethyl adjacent to an activating group) is 1. The molecule has 4 heteroatoms. The van der Waals surface area contributed by atoms with Crippen molar-refractivity contribution in [1.82, 2.24) is 0 Å². The predicted octanol–water partition coefficient (Wildman–Crippen LogP) is 0.402. The van der Waals surface area contributed by atoms with Crippen molar-refractivity contribution in [3.63, 3.8) is 0 Å². The minimum absolute atomic E-state index is 0.123. The fourth-order valence-electron chi connectivity index (χ4n) is 1.61. The second-order valence-electron chi connectivity index (χ2n) is 3.49. The molecule has 2 rings (SSSR count). The number of amides is 1. The Labute approximate surface area is 82.7 Å². The number of benzene rings is 1. The quantitative estimate of drug-likeness (QED) is 0.624. The summed E-state index contributed by atoms with van der Waals surface area (Å²) < 4.78 is 0. The van der Waals surface area contributed by atoms with Gasteiger partial charge in [0.2, 0.25) is 5.91 Å². The van der Waals surface area contributed by atoms with Crippen LogP contribution >= 0.6 is 0 Å². The van der Waals surface area contributed by atoms with Gasteiger partial charge in [-0.05, 0) is 12.1 Å². The Morgan fingerprint density at radius 3 is 3.00 bits per heavy atom. The van der Waals surface area contributed by atoms with Gasteiger partial charge >= 0.3 is 0 Å². The van der Waals surface area contributed by atoms with Crippen LogP contribution in [0.4, 0.5) is 11.4 Å². The molecule has 1 aromatic carbocycles. The molecular weight excluding hydrogens is 178 g/mol. The molecule has 1 heterocycles. The molecule has 0 radical (unpaired) electrons. The number of carbonyl (C=O) groups is 1. The van der Waals surface area contributed by atoms with Crippen molar-refractivity contribution in [2.45, 2.75) is 6.04 Å². The number of nitrogens with two attached hydrogens (primary N) is 1. The summed E-state index contributed by atoms with van der Waals surface area (Å²) in [7, 11) is 1.93. The van der Waals surface area contributed by atoms with E-state index in [1.165, 1.54) is 0 Å². The van der Waals surface area contributed by atoms with E-state index in [1.54, 1.807) is 0 Å². The second-order valence-corrected chi connectivity index (χ2v) is 3.49. The maximum Gasteiger partial charge on any atom is 0.243 e. The van der Waals surface area contributed by atoms with Crippen molar-refractivity contribution in [3.8, 4) is 0 Å². The van der Waals surface area contributed by atoms with Gasteiger partial charge < -0.3 is 16.0 Å². The van der Waals surface area contributed by atoms with Gasteiger partial charge in [-0.2, -0.15) is 0 Å². The third-order valence-corrected chi connectivity index (χ3v) is 2.38. The first-order chi connectivity index (χ1) is 6.68. The Morgan fingerprint density at radius 2 is 2.21 bits per heavy atom. The van der Waals surface area contributed by atoms with Crippen molar-refractivity contribution in [3.05, 3.63) is 24.3 Å². The standard InChI is InChI=1S/C10H13N3O/c1-13-6-7(11)10(14)12-8-4-2-3-5-9(8)13/h2-5,7H,6,11H2,1H3,(H,12,14)/t7-/m0/s1. The van der Waals surface area contributed by atoms with Crippen LogP contribution in [0.15, 0.2) is 24.3 Å². The van der Waals surface area contributed by atoms with Gasteiger partial charge in [-0.15, -0.1) is 0 Å². The van der Waals surface area contributed by atoms with Gasteiger partial charge in [0, 0.05) is 13.6 Å². The fraction of sp³-hybridized carbons (Fsp3) is 0.300. The minimum Gasteiger partial charge on any atom is -0.371 e. The summed E-state index contributed by atoms with van der Waals surface area (Å²) in [5.41, 5.74) is 7.53. The smallest absolute Gasteiger partial charge is 0.243 e. The lowest BCUT2D eigenvalue weighted by Gasteiger charge is -2.19. The molecule has 1 aliphatic rings. The monoisotopic (exact) mass is 191 g/mol. The number of carbonyl (C=O) groups excluding carboxylic acids is 1. The van der Waals surface area contributed by atoms with Crippen LogP contribution in [0.25, 0.3) is 0 Å². The highest BCUT2D eigenvalue weighted by molar-refractivity contribution is 5.99. The van der Waals surface area contributed by atoms with E-state index in [-0.39, 0.29) is 5.91 Å². The molecule has 3 N–H and O–H groups in total. The van der Waals surface area contributed by atoms with E-state index in [2.05, 4.69) is 5.32 Å². The summed E-state index contributed by atoms with van der Waals surface area (Å²) in [5, 5.41) is 2.80. The second kappa shape index (κ2) is 3.31. The average Bonchev–Trinajstić information content (AvgIpc) is 2.27. The summed E-state index contributed by atoms with van der Waals surface area (Å²) in [6.07, 6.45) is 0. The largest absolute Gasteiger partial charge is 0.371 e. The highest BCUT2D eigenvalue weighted by atomic mass is 16.2. The molecular formula is C10H13N3O. The molecule has 1 atom stereocenters. The van der Waals surface area contributed by atoms with E-state index in [1.807, 2.05) is 36.2 Å². The molecule has 0 bridgehead atoms. The Balaban J connectivity index is 2.43.